The average Bonchev–Trinajstić information content (AvgIpc) is 2.42. The summed E-state index contributed by atoms with van der Waals surface area (Å²) in [6.07, 6.45) is 0.453. The first-order valence-corrected chi connectivity index (χ1v) is 6.27. The largest absolute Gasteiger partial charge is 0.497 e. The number of ether oxygens (including phenoxy) is 1. The summed E-state index contributed by atoms with van der Waals surface area (Å²) in [7, 11) is 3.29. The van der Waals surface area contributed by atoms with Crippen LogP contribution in [0.4, 0.5) is 0 Å². The number of amides is 1. The van der Waals surface area contributed by atoms with Crippen molar-refractivity contribution in [2.24, 2.45) is 0 Å². The van der Waals surface area contributed by atoms with E-state index in [1.54, 1.807) is 14.2 Å². The quantitative estimate of drug-likeness (QED) is 0.900. The zero-order valence-corrected chi connectivity index (χ0v) is 11.5. The average molecular weight is 261 g/mol. The van der Waals surface area contributed by atoms with E-state index in [0.29, 0.717) is 13.0 Å². The molecule has 1 aliphatic rings. The van der Waals surface area contributed by atoms with Crippen molar-refractivity contribution in [3.63, 3.8) is 0 Å². The van der Waals surface area contributed by atoms with Gasteiger partial charge in [-0.2, -0.15) is 0 Å². The van der Waals surface area contributed by atoms with Gasteiger partial charge in [0.05, 0.1) is 7.11 Å². The van der Waals surface area contributed by atoms with E-state index in [-0.39, 0.29) is 17.9 Å². The van der Waals surface area contributed by atoms with Crippen molar-refractivity contribution in [2.75, 3.05) is 14.2 Å². The fraction of sp³-hybridized carbons (Fsp3) is 0.429. The second-order valence-corrected chi connectivity index (χ2v) is 4.81. The number of hydrogen-bond donors (Lipinski definition) is 1. The summed E-state index contributed by atoms with van der Waals surface area (Å²) < 4.78 is 5.12. The Morgan fingerprint density at radius 2 is 2.00 bits per heavy atom. The molecule has 5 heteroatoms. The Bertz CT molecular complexity index is 484. The zero-order chi connectivity index (χ0) is 14.0. The highest BCUT2D eigenvalue weighted by atomic mass is 16.5. The molecule has 0 aliphatic carbocycles. The molecule has 0 saturated carbocycles. The Kier molecular flexibility index (Phi) is 3.74. The van der Waals surface area contributed by atoms with Gasteiger partial charge in [-0.15, -0.1) is 0 Å². The second-order valence-electron chi connectivity index (χ2n) is 4.81. The molecule has 1 atom stereocenters. The first-order chi connectivity index (χ1) is 9.02. The number of carbonyl (C=O) groups is 1. The Labute approximate surface area is 113 Å². The maximum Gasteiger partial charge on any atom is 0.231 e. The summed E-state index contributed by atoms with van der Waals surface area (Å²) in [6, 6.07) is 7.83. The standard InChI is InChI=1S/C14H19N3O2/c1-10-8-13(18)16(2)14(15)17(10)9-11-4-6-12(19-3)7-5-11/h4-7,10,15H,8-9H2,1-3H3. The first kappa shape index (κ1) is 13.4. The van der Waals surface area contributed by atoms with Gasteiger partial charge in [-0.25, -0.2) is 0 Å². The van der Waals surface area contributed by atoms with Gasteiger partial charge in [-0.3, -0.25) is 15.1 Å². The van der Waals surface area contributed by atoms with E-state index in [0.717, 1.165) is 11.3 Å². The van der Waals surface area contributed by atoms with Gasteiger partial charge in [-0.1, -0.05) is 12.1 Å². The molecule has 1 heterocycles. The molecule has 1 fully saturated rings. The van der Waals surface area contributed by atoms with Crippen LogP contribution in [0.1, 0.15) is 18.9 Å². The molecule has 0 spiro atoms. The van der Waals surface area contributed by atoms with E-state index in [4.69, 9.17) is 10.1 Å². The maximum atomic E-state index is 11.6. The van der Waals surface area contributed by atoms with E-state index in [9.17, 15) is 4.79 Å². The molecule has 19 heavy (non-hydrogen) atoms. The Balaban J connectivity index is 2.12. The number of nitrogens with one attached hydrogen (secondary N) is 1. The van der Waals surface area contributed by atoms with Crippen molar-refractivity contribution in [1.29, 1.82) is 5.41 Å². The summed E-state index contributed by atoms with van der Waals surface area (Å²) in [5.74, 6) is 1.08. The molecule has 1 aromatic carbocycles. The number of rotatable bonds is 3. The van der Waals surface area contributed by atoms with Gasteiger partial charge >= 0.3 is 0 Å². The molecule has 0 radical (unpaired) electrons. The van der Waals surface area contributed by atoms with Crippen molar-refractivity contribution >= 4 is 11.9 Å². The highest BCUT2D eigenvalue weighted by Gasteiger charge is 2.31. The molecule has 1 amide bonds. The second kappa shape index (κ2) is 5.30. The lowest BCUT2D eigenvalue weighted by Gasteiger charge is -2.39. The number of guanidine groups is 1. The van der Waals surface area contributed by atoms with Crippen LogP contribution in [0.2, 0.25) is 0 Å². The predicted molar refractivity (Wildman–Crippen MR) is 73.1 cm³/mol. The zero-order valence-electron chi connectivity index (χ0n) is 11.5. The van der Waals surface area contributed by atoms with E-state index < -0.39 is 0 Å². The molecule has 1 N–H and O–H groups in total. The van der Waals surface area contributed by atoms with Crippen LogP contribution in [0.15, 0.2) is 24.3 Å². The highest BCUT2D eigenvalue weighted by Crippen LogP contribution is 2.19. The van der Waals surface area contributed by atoms with Gasteiger partial charge in [0.25, 0.3) is 0 Å². The lowest BCUT2D eigenvalue weighted by molar-refractivity contribution is -0.129. The maximum absolute atomic E-state index is 11.6. The first-order valence-electron chi connectivity index (χ1n) is 6.27. The van der Waals surface area contributed by atoms with Crippen LogP contribution in [0, 0.1) is 5.41 Å². The SMILES string of the molecule is COc1ccc(CN2C(=N)N(C)C(=O)CC2C)cc1. The Morgan fingerprint density at radius 1 is 1.37 bits per heavy atom. The lowest BCUT2D eigenvalue weighted by Crippen LogP contribution is -2.54. The number of methoxy groups -OCH3 is 1. The molecular formula is C14H19N3O2. The van der Waals surface area contributed by atoms with Gasteiger partial charge in [0.2, 0.25) is 11.9 Å². The van der Waals surface area contributed by atoms with Crippen LogP contribution in [0.3, 0.4) is 0 Å². The molecule has 0 aromatic heterocycles. The minimum absolute atomic E-state index is 0.00322. The van der Waals surface area contributed by atoms with Crippen LogP contribution in [-0.4, -0.2) is 41.9 Å². The summed E-state index contributed by atoms with van der Waals surface area (Å²) in [5.41, 5.74) is 1.10. The fourth-order valence-electron chi connectivity index (χ4n) is 2.18. The summed E-state index contributed by atoms with van der Waals surface area (Å²) in [6.45, 7) is 2.60. The minimum Gasteiger partial charge on any atom is -0.497 e. The van der Waals surface area contributed by atoms with Crippen LogP contribution in [0.5, 0.6) is 5.75 Å². The Morgan fingerprint density at radius 3 is 2.58 bits per heavy atom. The fourth-order valence-corrected chi connectivity index (χ4v) is 2.18. The third kappa shape index (κ3) is 2.70. The number of benzene rings is 1. The van der Waals surface area contributed by atoms with Crippen LogP contribution in [-0.2, 0) is 11.3 Å². The summed E-state index contributed by atoms with van der Waals surface area (Å²) in [5, 5.41) is 8.05. The van der Waals surface area contributed by atoms with Crippen LogP contribution in [0.25, 0.3) is 0 Å². The molecule has 1 aliphatic heterocycles. The van der Waals surface area contributed by atoms with E-state index in [1.807, 2.05) is 36.1 Å². The number of hydrogen-bond acceptors (Lipinski definition) is 3. The number of carbonyl (C=O) groups excluding carboxylic acids is 1. The van der Waals surface area contributed by atoms with E-state index in [1.165, 1.54) is 4.90 Å². The van der Waals surface area contributed by atoms with Crippen molar-refractivity contribution < 1.29 is 9.53 Å². The predicted octanol–water partition coefficient (Wildman–Crippen LogP) is 1.68. The summed E-state index contributed by atoms with van der Waals surface area (Å²) in [4.78, 5) is 15.0. The van der Waals surface area contributed by atoms with Gasteiger partial charge in [0.15, 0.2) is 0 Å². The van der Waals surface area contributed by atoms with Gasteiger partial charge in [0, 0.05) is 26.1 Å². The van der Waals surface area contributed by atoms with Crippen molar-refractivity contribution in [2.45, 2.75) is 25.9 Å². The molecule has 1 unspecified atom stereocenters. The molecule has 1 saturated heterocycles. The smallest absolute Gasteiger partial charge is 0.231 e. The van der Waals surface area contributed by atoms with Crippen molar-refractivity contribution in [3.05, 3.63) is 29.8 Å². The molecule has 0 bridgehead atoms. The van der Waals surface area contributed by atoms with E-state index in [2.05, 4.69) is 0 Å². The third-order valence-corrected chi connectivity index (χ3v) is 3.48. The van der Waals surface area contributed by atoms with Crippen molar-refractivity contribution in [3.8, 4) is 5.75 Å². The minimum atomic E-state index is 0.00322. The normalized spacial score (nSPS) is 19.8. The van der Waals surface area contributed by atoms with E-state index >= 15 is 0 Å². The van der Waals surface area contributed by atoms with Gasteiger partial charge in [0.1, 0.15) is 5.75 Å². The topological polar surface area (TPSA) is 56.6 Å². The highest BCUT2D eigenvalue weighted by molar-refractivity contribution is 5.98. The summed E-state index contributed by atoms with van der Waals surface area (Å²) >= 11 is 0. The Hall–Kier alpha value is -2.04. The lowest BCUT2D eigenvalue weighted by atomic mass is 10.1. The molecular weight excluding hydrogens is 242 g/mol. The van der Waals surface area contributed by atoms with Crippen LogP contribution >= 0.6 is 0 Å². The molecule has 5 nitrogen and oxygen atoms in total. The van der Waals surface area contributed by atoms with Crippen LogP contribution < -0.4 is 4.74 Å². The van der Waals surface area contributed by atoms with Crippen molar-refractivity contribution in [1.82, 2.24) is 9.80 Å². The number of nitrogens with zero attached hydrogens (tertiary/aromatic N) is 2. The molecule has 1 aromatic rings. The third-order valence-electron chi connectivity index (χ3n) is 3.48. The molecule has 2 rings (SSSR count). The molecule has 102 valence electrons. The van der Waals surface area contributed by atoms with Gasteiger partial charge in [-0.05, 0) is 24.6 Å². The van der Waals surface area contributed by atoms with Gasteiger partial charge < -0.3 is 9.64 Å². The monoisotopic (exact) mass is 261 g/mol.